The summed E-state index contributed by atoms with van der Waals surface area (Å²) in [6.07, 6.45) is 0. The Morgan fingerprint density at radius 3 is 2.57 bits per heavy atom. The fraction of sp³-hybridized carbons (Fsp3) is 0.222. The molecule has 0 saturated carbocycles. The zero-order valence-corrected chi connectivity index (χ0v) is 8.72. The Morgan fingerprint density at radius 2 is 2.07 bits per heavy atom. The predicted octanol–water partition coefficient (Wildman–Crippen LogP) is 0.775. The van der Waals surface area contributed by atoms with Crippen LogP contribution in [-0.4, -0.2) is 15.5 Å². The second-order valence-corrected chi connectivity index (χ2v) is 4.67. The fourth-order valence-electron chi connectivity index (χ4n) is 1.05. The van der Waals surface area contributed by atoms with Gasteiger partial charge in [-0.3, -0.25) is 0 Å². The Balaban J connectivity index is 3.49. The number of hydrogen-bond acceptors (Lipinski definition) is 3. The summed E-state index contributed by atoms with van der Waals surface area (Å²) < 4.78 is 25.1. The molecule has 1 rings (SSSR count). The monoisotopic (exact) mass is 210 g/mol. The second-order valence-electron chi connectivity index (χ2n) is 2.82. The van der Waals surface area contributed by atoms with E-state index in [1.54, 1.807) is 13.0 Å². The van der Waals surface area contributed by atoms with Crippen LogP contribution in [0.15, 0.2) is 23.1 Å². The zero-order chi connectivity index (χ0) is 10.8. The summed E-state index contributed by atoms with van der Waals surface area (Å²) in [6.45, 7) is 1.77. The third kappa shape index (κ3) is 1.92. The quantitative estimate of drug-likeness (QED) is 0.784. The summed E-state index contributed by atoms with van der Waals surface area (Å²) >= 11 is 0. The molecule has 0 spiro atoms. The first-order valence-corrected chi connectivity index (χ1v) is 5.44. The molecule has 0 fully saturated rings. The van der Waals surface area contributed by atoms with E-state index in [9.17, 15) is 8.42 Å². The Labute approximate surface area is 83.2 Å². The number of nitriles is 1. The average Bonchev–Trinajstić information content (AvgIpc) is 2.18. The van der Waals surface area contributed by atoms with E-state index in [2.05, 4.69) is 4.72 Å². The van der Waals surface area contributed by atoms with Crippen molar-refractivity contribution in [1.82, 2.24) is 4.72 Å². The first-order chi connectivity index (χ1) is 6.51. The third-order valence-electron chi connectivity index (χ3n) is 1.82. The lowest BCUT2D eigenvalue weighted by Crippen LogP contribution is -2.19. The van der Waals surface area contributed by atoms with Crippen molar-refractivity contribution in [2.45, 2.75) is 11.8 Å². The highest BCUT2D eigenvalue weighted by Gasteiger charge is 2.16. The van der Waals surface area contributed by atoms with Gasteiger partial charge in [0.05, 0.1) is 10.5 Å². The molecular formula is C9H10N2O2S. The van der Waals surface area contributed by atoms with Crippen molar-refractivity contribution in [1.29, 1.82) is 5.26 Å². The van der Waals surface area contributed by atoms with Gasteiger partial charge in [-0.1, -0.05) is 6.07 Å². The average molecular weight is 210 g/mol. The predicted molar refractivity (Wildman–Crippen MR) is 52.1 cm³/mol. The summed E-state index contributed by atoms with van der Waals surface area (Å²) in [5, 5.41) is 8.73. The molecule has 0 heterocycles. The van der Waals surface area contributed by atoms with Gasteiger partial charge in [-0.15, -0.1) is 0 Å². The largest absolute Gasteiger partial charge is 0.241 e. The van der Waals surface area contributed by atoms with E-state index in [0.717, 1.165) is 5.56 Å². The van der Waals surface area contributed by atoms with Crippen molar-refractivity contribution in [3.8, 4) is 6.07 Å². The molecule has 1 N–H and O–H groups in total. The van der Waals surface area contributed by atoms with Crippen LogP contribution in [-0.2, 0) is 10.0 Å². The van der Waals surface area contributed by atoms with E-state index in [1.807, 2.05) is 6.07 Å². The standard InChI is InChI=1S/C9H10N2O2S/c1-7-3-4-8(6-10)9(5-7)14(12,13)11-2/h3-5,11H,1-2H3. The van der Waals surface area contributed by atoms with Gasteiger partial charge < -0.3 is 0 Å². The Hall–Kier alpha value is -1.38. The SMILES string of the molecule is CNS(=O)(=O)c1cc(C)ccc1C#N. The maximum absolute atomic E-state index is 11.5. The molecule has 5 heteroatoms. The first-order valence-electron chi connectivity index (χ1n) is 3.95. The van der Waals surface area contributed by atoms with Crippen molar-refractivity contribution < 1.29 is 8.42 Å². The Bertz CT molecular complexity index is 486. The van der Waals surface area contributed by atoms with Gasteiger partial charge in [0.1, 0.15) is 6.07 Å². The number of aryl methyl sites for hydroxylation is 1. The topological polar surface area (TPSA) is 70.0 Å². The van der Waals surface area contributed by atoms with Gasteiger partial charge in [-0.25, -0.2) is 13.1 Å². The van der Waals surface area contributed by atoms with E-state index in [1.165, 1.54) is 19.2 Å². The zero-order valence-electron chi connectivity index (χ0n) is 7.90. The van der Waals surface area contributed by atoms with Crippen LogP contribution in [0, 0.1) is 18.3 Å². The fourth-order valence-corrected chi connectivity index (χ4v) is 2.02. The molecule has 1 aromatic rings. The molecule has 4 nitrogen and oxygen atoms in total. The molecule has 0 aliphatic rings. The molecule has 14 heavy (non-hydrogen) atoms. The van der Waals surface area contributed by atoms with E-state index in [0.29, 0.717) is 0 Å². The van der Waals surface area contributed by atoms with Crippen molar-refractivity contribution in [3.63, 3.8) is 0 Å². The number of nitrogens with zero attached hydrogens (tertiary/aromatic N) is 1. The highest BCUT2D eigenvalue weighted by molar-refractivity contribution is 7.89. The number of nitrogens with one attached hydrogen (secondary N) is 1. The molecule has 1 aromatic carbocycles. The minimum absolute atomic E-state index is 0.0301. The van der Waals surface area contributed by atoms with Crippen molar-refractivity contribution in [2.24, 2.45) is 0 Å². The molecule has 0 amide bonds. The lowest BCUT2D eigenvalue weighted by molar-refractivity contribution is 0.588. The van der Waals surface area contributed by atoms with Crippen LogP contribution in [0.25, 0.3) is 0 Å². The van der Waals surface area contributed by atoms with Gasteiger partial charge in [0.25, 0.3) is 0 Å². The Kier molecular flexibility index (Phi) is 2.89. The number of benzene rings is 1. The van der Waals surface area contributed by atoms with Crippen molar-refractivity contribution in [3.05, 3.63) is 29.3 Å². The molecule has 0 atom stereocenters. The lowest BCUT2D eigenvalue weighted by atomic mass is 10.2. The van der Waals surface area contributed by atoms with E-state index in [-0.39, 0.29) is 10.5 Å². The summed E-state index contributed by atoms with van der Waals surface area (Å²) in [6, 6.07) is 6.52. The summed E-state index contributed by atoms with van der Waals surface area (Å²) in [5.74, 6) is 0. The van der Waals surface area contributed by atoms with Crippen LogP contribution in [0.2, 0.25) is 0 Å². The van der Waals surface area contributed by atoms with E-state index >= 15 is 0 Å². The van der Waals surface area contributed by atoms with Crippen LogP contribution in [0.3, 0.4) is 0 Å². The van der Waals surface area contributed by atoms with Gasteiger partial charge in [0.2, 0.25) is 10.0 Å². The number of sulfonamides is 1. The first kappa shape index (κ1) is 10.7. The molecule has 74 valence electrons. The van der Waals surface area contributed by atoms with Crippen LogP contribution in [0.4, 0.5) is 0 Å². The van der Waals surface area contributed by atoms with Gasteiger partial charge in [0, 0.05) is 0 Å². The van der Waals surface area contributed by atoms with Crippen molar-refractivity contribution >= 4 is 10.0 Å². The maximum atomic E-state index is 11.5. The van der Waals surface area contributed by atoms with Gasteiger partial charge in [0.15, 0.2) is 0 Å². The molecule has 0 bridgehead atoms. The van der Waals surface area contributed by atoms with E-state index < -0.39 is 10.0 Å². The smallest absolute Gasteiger partial charge is 0.214 e. The molecule has 0 saturated heterocycles. The molecular weight excluding hydrogens is 200 g/mol. The number of rotatable bonds is 2. The van der Waals surface area contributed by atoms with Gasteiger partial charge in [-0.05, 0) is 31.7 Å². The summed E-state index contributed by atoms with van der Waals surface area (Å²) in [5.41, 5.74) is 0.961. The van der Waals surface area contributed by atoms with Crippen LogP contribution >= 0.6 is 0 Å². The molecule has 0 aliphatic carbocycles. The summed E-state index contributed by atoms with van der Waals surface area (Å²) in [7, 11) is -2.22. The third-order valence-corrected chi connectivity index (χ3v) is 3.27. The second kappa shape index (κ2) is 3.78. The Morgan fingerprint density at radius 1 is 1.43 bits per heavy atom. The van der Waals surface area contributed by atoms with Crippen molar-refractivity contribution in [2.75, 3.05) is 7.05 Å². The highest BCUT2D eigenvalue weighted by Crippen LogP contribution is 2.16. The minimum atomic E-state index is -3.54. The van der Waals surface area contributed by atoms with E-state index in [4.69, 9.17) is 5.26 Å². The summed E-state index contributed by atoms with van der Waals surface area (Å²) in [4.78, 5) is 0.0301. The normalized spacial score (nSPS) is 10.9. The highest BCUT2D eigenvalue weighted by atomic mass is 32.2. The molecule has 0 radical (unpaired) electrons. The maximum Gasteiger partial charge on any atom is 0.241 e. The molecule has 0 aliphatic heterocycles. The molecule has 0 aromatic heterocycles. The van der Waals surface area contributed by atoms with Crippen LogP contribution < -0.4 is 4.72 Å². The van der Waals surface area contributed by atoms with Gasteiger partial charge in [-0.2, -0.15) is 5.26 Å². The molecule has 0 unspecified atom stereocenters. The lowest BCUT2D eigenvalue weighted by Gasteiger charge is -2.05. The van der Waals surface area contributed by atoms with Crippen LogP contribution in [0.5, 0.6) is 0 Å². The van der Waals surface area contributed by atoms with Crippen LogP contribution in [0.1, 0.15) is 11.1 Å². The van der Waals surface area contributed by atoms with Gasteiger partial charge >= 0.3 is 0 Å². The number of hydrogen-bond donors (Lipinski definition) is 1. The minimum Gasteiger partial charge on any atom is -0.214 e.